The minimum absolute atomic E-state index is 0.0739. The molecular weight excluding hydrogens is 260 g/mol. The lowest BCUT2D eigenvalue weighted by molar-refractivity contribution is -0.123. The van der Waals surface area contributed by atoms with Crippen LogP contribution in [0.4, 0.5) is 0 Å². The van der Waals surface area contributed by atoms with E-state index in [1.165, 1.54) is 17.9 Å². The van der Waals surface area contributed by atoms with E-state index in [9.17, 15) is 9.59 Å². The molecule has 0 radical (unpaired) electrons. The average Bonchev–Trinajstić information content (AvgIpc) is 2.94. The molecule has 1 N–H and O–H groups in total. The van der Waals surface area contributed by atoms with E-state index in [0.717, 1.165) is 5.56 Å². The largest absolute Gasteiger partial charge is 0.451 e. The Morgan fingerprint density at radius 2 is 2.05 bits per heavy atom. The van der Waals surface area contributed by atoms with Crippen molar-refractivity contribution in [1.29, 1.82) is 0 Å². The summed E-state index contributed by atoms with van der Waals surface area (Å²) in [6.45, 7) is 0.178. The first-order chi connectivity index (χ1) is 9.69. The van der Waals surface area contributed by atoms with Gasteiger partial charge in [-0.05, 0) is 5.56 Å². The zero-order chi connectivity index (χ0) is 14.4. The number of aromatic nitrogens is 3. The fraction of sp³-hybridized carbons (Fsp3) is 0.231. The number of rotatable bonds is 5. The smallest absolute Gasteiger partial charge is 0.361 e. The predicted octanol–water partition coefficient (Wildman–Crippen LogP) is 0.229. The molecule has 0 aliphatic carbocycles. The number of amides is 1. The van der Waals surface area contributed by atoms with Crippen molar-refractivity contribution < 1.29 is 14.3 Å². The van der Waals surface area contributed by atoms with E-state index >= 15 is 0 Å². The lowest BCUT2D eigenvalue weighted by Crippen LogP contribution is -2.25. The quantitative estimate of drug-likeness (QED) is 0.789. The van der Waals surface area contributed by atoms with Crippen LogP contribution < -0.4 is 5.32 Å². The second-order valence-electron chi connectivity index (χ2n) is 4.04. The molecule has 0 atom stereocenters. The number of esters is 1. The molecule has 1 aromatic carbocycles. The Morgan fingerprint density at radius 3 is 2.75 bits per heavy atom. The van der Waals surface area contributed by atoms with Gasteiger partial charge in [0.1, 0.15) is 0 Å². The maximum Gasteiger partial charge on any atom is 0.361 e. The molecule has 104 valence electrons. The summed E-state index contributed by atoms with van der Waals surface area (Å²) in [6.07, 6.45) is 1.49. The van der Waals surface area contributed by atoms with E-state index < -0.39 is 5.97 Å². The highest BCUT2D eigenvalue weighted by atomic mass is 16.5. The number of benzene rings is 1. The lowest BCUT2D eigenvalue weighted by atomic mass is 10.2. The van der Waals surface area contributed by atoms with Crippen LogP contribution >= 0.6 is 0 Å². The first-order valence-electron chi connectivity index (χ1n) is 6.01. The Bertz CT molecular complexity index is 595. The topological polar surface area (TPSA) is 86.1 Å². The van der Waals surface area contributed by atoms with Crippen LogP contribution in [0.25, 0.3) is 0 Å². The third-order valence-corrected chi connectivity index (χ3v) is 2.55. The van der Waals surface area contributed by atoms with Gasteiger partial charge in [-0.15, -0.1) is 5.10 Å². The van der Waals surface area contributed by atoms with E-state index in [2.05, 4.69) is 15.6 Å². The molecule has 0 bridgehead atoms. The van der Waals surface area contributed by atoms with Gasteiger partial charge in [0.05, 0.1) is 12.7 Å². The van der Waals surface area contributed by atoms with Crippen LogP contribution in [0.3, 0.4) is 0 Å². The predicted molar refractivity (Wildman–Crippen MR) is 69.9 cm³/mol. The van der Waals surface area contributed by atoms with E-state index in [4.69, 9.17) is 4.74 Å². The third-order valence-electron chi connectivity index (χ3n) is 2.55. The van der Waals surface area contributed by atoms with Crippen molar-refractivity contribution >= 4 is 11.9 Å². The zero-order valence-corrected chi connectivity index (χ0v) is 10.9. The van der Waals surface area contributed by atoms with Crippen molar-refractivity contribution in [2.24, 2.45) is 0 Å². The van der Waals surface area contributed by atoms with Gasteiger partial charge in [0.25, 0.3) is 5.91 Å². The van der Waals surface area contributed by atoms with Gasteiger partial charge in [0, 0.05) is 7.05 Å². The molecule has 0 saturated carbocycles. The number of likely N-dealkylation sites (N-methyl/N-ethyl adjacent to an activating group) is 1. The second-order valence-corrected chi connectivity index (χ2v) is 4.04. The number of nitrogens with one attached hydrogen (secondary N) is 1. The fourth-order valence-corrected chi connectivity index (χ4v) is 1.52. The molecule has 1 amide bonds. The molecule has 2 aromatic rings. The van der Waals surface area contributed by atoms with Gasteiger partial charge >= 0.3 is 5.97 Å². The van der Waals surface area contributed by atoms with Gasteiger partial charge < -0.3 is 10.1 Å². The number of nitrogens with zero attached hydrogens (tertiary/aromatic N) is 3. The summed E-state index contributed by atoms with van der Waals surface area (Å²) in [5.74, 6) is -1.05. The molecule has 20 heavy (non-hydrogen) atoms. The molecule has 0 aliphatic rings. The van der Waals surface area contributed by atoms with Crippen LogP contribution in [0.2, 0.25) is 0 Å². The summed E-state index contributed by atoms with van der Waals surface area (Å²) in [4.78, 5) is 22.6. The van der Waals surface area contributed by atoms with Gasteiger partial charge in [-0.1, -0.05) is 35.5 Å². The summed E-state index contributed by atoms with van der Waals surface area (Å²) in [6, 6.07) is 9.67. The number of carbonyl (C=O) groups is 2. The summed E-state index contributed by atoms with van der Waals surface area (Å²) < 4.78 is 6.31. The van der Waals surface area contributed by atoms with Gasteiger partial charge in [-0.3, -0.25) is 4.79 Å². The van der Waals surface area contributed by atoms with Crippen LogP contribution in [-0.2, 0) is 16.1 Å². The van der Waals surface area contributed by atoms with E-state index in [1.54, 1.807) is 0 Å². The van der Waals surface area contributed by atoms with E-state index in [0.29, 0.717) is 6.54 Å². The molecule has 2 rings (SSSR count). The summed E-state index contributed by atoms with van der Waals surface area (Å²) >= 11 is 0. The van der Waals surface area contributed by atoms with Crippen LogP contribution in [0.5, 0.6) is 0 Å². The van der Waals surface area contributed by atoms with Crippen molar-refractivity contribution in [2.45, 2.75) is 6.54 Å². The molecule has 0 fully saturated rings. The van der Waals surface area contributed by atoms with Crippen molar-refractivity contribution in [3.8, 4) is 0 Å². The van der Waals surface area contributed by atoms with E-state index in [1.807, 2.05) is 30.3 Å². The minimum atomic E-state index is -0.673. The summed E-state index contributed by atoms with van der Waals surface area (Å²) in [5.41, 5.74) is 1.12. The SMILES string of the molecule is CNC(=O)COC(=O)c1cn(Cc2ccccc2)nn1. The Morgan fingerprint density at radius 1 is 1.30 bits per heavy atom. The highest BCUT2D eigenvalue weighted by Crippen LogP contribution is 2.03. The number of ether oxygens (including phenoxy) is 1. The monoisotopic (exact) mass is 274 g/mol. The number of carbonyl (C=O) groups excluding carboxylic acids is 2. The summed E-state index contributed by atoms with van der Waals surface area (Å²) in [5, 5.41) is 9.92. The standard InChI is InChI=1S/C13H14N4O3/c1-14-12(18)9-20-13(19)11-8-17(16-15-11)7-10-5-3-2-4-6-10/h2-6,8H,7,9H2,1H3,(H,14,18). The number of hydrogen-bond acceptors (Lipinski definition) is 5. The average molecular weight is 274 g/mol. The Hall–Kier alpha value is -2.70. The third kappa shape index (κ3) is 3.64. The van der Waals surface area contributed by atoms with Gasteiger partial charge in [0.15, 0.2) is 12.3 Å². The fourth-order valence-electron chi connectivity index (χ4n) is 1.52. The highest BCUT2D eigenvalue weighted by Gasteiger charge is 2.13. The van der Waals surface area contributed by atoms with Gasteiger partial charge in [-0.2, -0.15) is 0 Å². The molecular formula is C13H14N4O3. The normalized spacial score (nSPS) is 10.1. The lowest BCUT2D eigenvalue weighted by Gasteiger charge is -2.01. The maximum atomic E-state index is 11.6. The van der Waals surface area contributed by atoms with Crippen molar-refractivity contribution in [3.05, 3.63) is 47.8 Å². The van der Waals surface area contributed by atoms with Crippen molar-refractivity contribution in [3.63, 3.8) is 0 Å². The molecule has 1 aromatic heterocycles. The van der Waals surface area contributed by atoms with Gasteiger partial charge in [0.2, 0.25) is 0 Å². The van der Waals surface area contributed by atoms with Crippen LogP contribution in [0, 0.1) is 0 Å². The van der Waals surface area contributed by atoms with Crippen molar-refractivity contribution in [2.75, 3.05) is 13.7 Å². The molecule has 0 aliphatic heterocycles. The molecule has 0 spiro atoms. The Kier molecular flexibility index (Phi) is 4.43. The molecule has 1 heterocycles. The molecule has 0 unspecified atom stereocenters. The first kappa shape index (κ1) is 13.7. The number of hydrogen-bond donors (Lipinski definition) is 1. The zero-order valence-electron chi connectivity index (χ0n) is 10.9. The Labute approximate surface area is 115 Å². The van der Waals surface area contributed by atoms with Crippen LogP contribution in [0.15, 0.2) is 36.5 Å². The molecule has 7 nitrogen and oxygen atoms in total. The Balaban J connectivity index is 1.95. The highest BCUT2D eigenvalue weighted by molar-refractivity contribution is 5.89. The second kappa shape index (κ2) is 6.46. The van der Waals surface area contributed by atoms with Crippen LogP contribution in [0.1, 0.15) is 16.1 Å². The molecule has 7 heteroatoms. The van der Waals surface area contributed by atoms with Crippen LogP contribution in [-0.4, -0.2) is 40.5 Å². The van der Waals surface area contributed by atoms with Gasteiger partial charge in [-0.25, -0.2) is 9.48 Å². The molecule has 0 saturated heterocycles. The van der Waals surface area contributed by atoms with E-state index in [-0.39, 0.29) is 18.2 Å². The maximum absolute atomic E-state index is 11.6. The summed E-state index contributed by atoms with van der Waals surface area (Å²) in [7, 11) is 1.46. The minimum Gasteiger partial charge on any atom is -0.451 e. The van der Waals surface area contributed by atoms with Crippen molar-refractivity contribution in [1.82, 2.24) is 20.3 Å². The first-order valence-corrected chi connectivity index (χ1v) is 6.01.